The Kier molecular flexibility index (Phi) is 3.88. The lowest BCUT2D eigenvalue weighted by Crippen LogP contribution is -2.33. The van der Waals surface area contributed by atoms with Crippen LogP contribution in [-0.2, 0) is 0 Å². The van der Waals surface area contributed by atoms with E-state index in [0.717, 1.165) is 24.9 Å². The lowest BCUT2D eigenvalue weighted by Gasteiger charge is -2.29. The van der Waals surface area contributed by atoms with E-state index in [1.807, 2.05) is 0 Å². The van der Waals surface area contributed by atoms with Gasteiger partial charge in [0.2, 0.25) is 0 Å². The zero-order valence-electron chi connectivity index (χ0n) is 11.4. The SMILES string of the molecule is CCNCC(C)(CC)C1CC1c1ccccc1. The van der Waals surface area contributed by atoms with Crippen molar-refractivity contribution in [3.63, 3.8) is 0 Å². The molecular weight excluding hydrogens is 206 g/mol. The Bertz CT molecular complexity index is 346. The van der Waals surface area contributed by atoms with Crippen LogP contribution in [0, 0.1) is 11.3 Å². The standard InChI is InChI=1S/C16H25N/c1-4-16(3,12-17-5-2)15-11-14(15)13-9-7-6-8-10-13/h6-10,14-15,17H,4-5,11-12H2,1-3H3. The van der Waals surface area contributed by atoms with E-state index in [2.05, 4.69) is 56.4 Å². The van der Waals surface area contributed by atoms with Crippen molar-refractivity contribution in [2.24, 2.45) is 11.3 Å². The van der Waals surface area contributed by atoms with Gasteiger partial charge in [-0.2, -0.15) is 0 Å². The van der Waals surface area contributed by atoms with Crippen LogP contribution in [0.15, 0.2) is 30.3 Å². The van der Waals surface area contributed by atoms with Crippen LogP contribution in [0.2, 0.25) is 0 Å². The van der Waals surface area contributed by atoms with Crippen LogP contribution in [-0.4, -0.2) is 13.1 Å². The maximum Gasteiger partial charge on any atom is 0.000782 e. The van der Waals surface area contributed by atoms with Gasteiger partial charge in [-0.1, -0.05) is 51.1 Å². The van der Waals surface area contributed by atoms with Crippen LogP contribution in [0.4, 0.5) is 0 Å². The first-order chi connectivity index (χ1) is 8.21. The number of benzene rings is 1. The molecule has 1 heteroatoms. The molecule has 0 spiro atoms. The van der Waals surface area contributed by atoms with E-state index in [1.165, 1.54) is 18.4 Å². The zero-order valence-corrected chi connectivity index (χ0v) is 11.4. The maximum absolute atomic E-state index is 3.53. The predicted octanol–water partition coefficient (Wildman–Crippen LogP) is 3.82. The lowest BCUT2D eigenvalue weighted by molar-refractivity contribution is 0.244. The molecule has 0 saturated heterocycles. The summed E-state index contributed by atoms with van der Waals surface area (Å²) in [5.41, 5.74) is 2.00. The van der Waals surface area contributed by atoms with Crippen LogP contribution < -0.4 is 5.32 Å². The smallest absolute Gasteiger partial charge is 0.000782 e. The molecule has 1 N–H and O–H groups in total. The van der Waals surface area contributed by atoms with Gasteiger partial charge in [0.15, 0.2) is 0 Å². The molecule has 1 aromatic rings. The van der Waals surface area contributed by atoms with Crippen LogP contribution in [0.3, 0.4) is 0 Å². The van der Waals surface area contributed by atoms with Crippen molar-refractivity contribution in [2.75, 3.05) is 13.1 Å². The van der Waals surface area contributed by atoms with E-state index in [9.17, 15) is 0 Å². The summed E-state index contributed by atoms with van der Waals surface area (Å²) in [6.45, 7) is 9.21. The highest BCUT2D eigenvalue weighted by molar-refractivity contribution is 5.27. The molecule has 3 atom stereocenters. The second-order valence-corrected chi connectivity index (χ2v) is 5.65. The molecule has 0 amide bonds. The molecular formula is C16H25N. The lowest BCUT2D eigenvalue weighted by atomic mass is 9.80. The molecule has 94 valence electrons. The summed E-state index contributed by atoms with van der Waals surface area (Å²) in [4.78, 5) is 0. The highest BCUT2D eigenvalue weighted by Gasteiger charge is 2.49. The van der Waals surface area contributed by atoms with E-state index in [4.69, 9.17) is 0 Å². The molecule has 1 aliphatic carbocycles. The Balaban J connectivity index is 2.00. The van der Waals surface area contributed by atoms with Crippen LogP contribution in [0.25, 0.3) is 0 Å². The second-order valence-electron chi connectivity index (χ2n) is 5.65. The minimum Gasteiger partial charge on any atom is -0.316 e. The summed E-state index contributed by atoms with van der Waals surface area (Å²) >= 11 is 0. The van der Waals surface area contributed by atoms with Gasteiger partial charge in [-0.3, -0.25) is 0 Å². The largest absolute Gasteiger partial charge is 0.316 e. The van der Waals surface area contributed by atoms with Gasteiger partial charge in [0, 0.05) is 6.54 Å². The Morgan fingerprint density at radius 3 is 2.53 bits per heavy atom. The van der Waals surface area contributed by atoms with Gasteiger partial charge in [-0.05, 0) is 42.2 Å². The van der Waals surface area contributed by atoms with Gasteiger partial charge in [0.1, 0.15) is 0 Å². The van der Waals surface area contributed by atoms with E-state index in [0.29, 0.717) is 5.41 Å². The Morgan fingerprint density at radius 2 is 1.94 bits per heavy atom. The molecule has 0 heterocycles. The summed E-state index contributed by atoms with van der Waals surface area (Å²) in [5.74, 6) is 1.67. The summed E-state index contributed by atoms with van der Waals surface area (Å²) < 4.78 is 0. The van der Waals surface area contributed by atoms with Crippen molar-refractivity contribution in [1.82, 2.24) is 5.32 Å². The molecule has 17 heavy (non-hydrogen) atoms. The summed E-state index contributed by atoms with van der Waals surface area (Å²) in [6, 6.07) is 11.0. The Labute approximate surface area is 106 Å². The van der Waals surface area contributed by atoms with Crippen molar-refractivity contribution < 1.29 is 0 Å². The van der Waals surface area contributed by atoms with Crippen molar-refractivity contribution in [3.8, 4) is 0 Å². The molecule has 0 radical (unpaired) electrons. The van der Waals surface area contributed by atoms with E-state index in [-0.39, 0.29) is 0 Å². The Hall–Kier alpha value is -0.820. The fraction of sp³-hybridized carbons (Fsp3) is 0.625. The fourth-order valence-corrected chi connectivity index (χ4v) is 2.96. The summed E-state index contributed by atoms with van der Waals surface area (Å²) in [6.07, 6.45) is 2.65. The minimum atomic E-state index is 0.469. The molecule has 0 aromatic heterocycles. The number of hydrogen-bond acceptors (Lipinski definition) is 1. The monoisotopic (exact) mass is 231 g/mol. The third-order valence-corrected chi connectivity index (χ3v) is 4.50. The van der Waals surface area contributed by atoms with Crippen LogP contribution in [0.1, 0.15) is 45.1 Å². The van der Waals surface area contributed by atoms with Gasteiger partial charge in [0.05, 0.1) is 0 Å². The molecule has 2 rings (SSSR count). The molecule has 1 aliphatic rings. The average Bonchev–Trinajstić information content (AvgIpc) is 3.18. The van der Waals surface area contributed by atoms with Crippen molar-refractivity contribution in [3.05, 3.63) is 35.9 Å². The molecule has 1 fully saturated rings. The van der Waals surface area contributed by atoms with E-state index >= 15 is 0 Å². The van der Waals surface area contributed by atoms with Gasteiger partial charge < -0.3 is 5.32 Å². The van der Waals surface area contributed by atoms with Gasteiger partial charge in [-0.25, -0.2) is 0 Å². The summed E-state index contributed by atoms with van der Waals surface area (Å²) in [5, 5.41) is 3.53. The van der Waals surface area contributed by atoms with Gasteiger partial charge in [-0.15, -0.1) is 0 Å². The molecule has 1 saturated carbocycles. The maximum atomic E-state index is 3.53. The number of rotatable bonds is 6. The van der Waals surface area contributed by atoms with E-state index in [1.54, 1.807) is 0 Å². The molecule has 0 bridgehead atoms. The number of nitrogens with one attached hydrogen (secondary N) is 1. The number of hydrogen-bond donors (Lipinski definition) is 1. The quantitative estimate of drug-likeness (QED) is 0.785. The average molecular weight is 231 g/mol. The minimum absolute atomic E-state index is 0.469. The molecule has 1 nitrogen and oxygen atoms in total. The zero-order chi connectivity index (χ0) is 12.3. The Morgan fingerprint density at radius 1 is 1.24 bits per heavy atom. The third-order valence-electron chi connectivity index (χ3n) is 4.50. The topological polar surface area (TPSA) is 12.0 Å². The van der Waals surface area contributed by atoms with E-state index < -0.39 is 0 Å². The van der Waals surface area contributed by atoms with Gasteiger partial charge in [0.25, 0.3) is 0 Å². The first kappa shape index (κ1) is 12.6. The van der Waals surface area contributed by atoms with Gasteiger partial charge >= 0.3 is 0 Å². The predicted molar refractivity (Wildman–Crippen MR) is 74.2 cm³/mol. The summed E-state index contributed by atoms with van der Waals surface area (Å²) in [7, 11) is 0. The third kappa shape index (κ3) is 2.71. The first-order valence-electron chi connectivity index (χ1n) is 6.97. The van der Waals surface area contributed by atoms with Crippen molar-refractivity contribution in [2.45, 2.75) is 39.5 Å². The van der Waals surface area contributed by atoms with Crippen LogP contribution in [0.5, 0.6) is 0 Å². The molecule has 3 unspecified atom stereocenters. The highest BCUT2D eigenvalue weighted by atomic mass is 14.9. The van der Waals surface area contributed by atoms with Crippen molar-refractivity contribution >= 4 is 0 Å². The molecule has 1 aromatic carbocycles. The molecule has 0 aliphatic heterocycles. The normalized spacial score (nSPS) is 26.5. The second kappa shape index (κ2) is 5.22. The van der Waals surface area contributed by atoms with Crippen LogP contribution >= 0.6 is 0 Å². The fourth-order valence-electron chi connectivity index (χ4n) is 2.96. The highest BCUT2D eigenvalue weighted by Crippen LogP contribution is 2.57. The van der Waals surface area contributed by atoms with Crippen molar-refractivity contribution in [1.29, 1.82) is 0 Å². The first-order valence-corrected chi connectivity index (χ1v) is 6.97.